The Morgan fingerprint density at radius 2 is 2.16 bits per heavy atom. The molecule has 2 rings (SSSR count). The molecule has 1 aliphatic heterocycles. The lowest BCUT2D eigenvalue weighted by atomic mass is 10.2. The number of carbonyl (C=O) groups excluding carboxylic acids is 1. The largest absolute Gasteiger partial charge is 0.289 e. The zero-order valence-electron chi connectivity index (χ0n) is 9.73. The van der Waals surface area contributed by atoms with Crippen molar-refractivity contribution in [3.05, 3.63) is 53.0 Å². The summed E-state index contributed by atoms with van der Waals surface area (Å²) in [6.07, 6.45) is 2.93. The number of nitrogens with zero attached hydrogens (tertiary/aromatic N) is 1. The minimum Gasteiger partial charge on any atom is -0.289 e. The van der Waals surface area contributed by atoms with Crippen LogP contribution in [-0.2, 0) is 4.79 Å². The predicted molar refractivity (Wildman–Crippen MR) is 76.4 cm³/mol. The van der Waals surface area contributed by atoms with Gasteiger partial charge in [0.2, 0.25) is 0 Å². The molecule has 2 nitrogen and oxygen atoms in total. The van der Waals surface area contributed by atoms with Crippen molar-refractivity contribution in [1.29, 1.82) is 0 Å². The van der Waals surface area contributed by atoms with Crippen LogP contribution in [0.15, 0.2) is 35.8 Å². The average molecular weight is 297 g/mol. The molecule has 0 saturated carbocycles. The van der Waals surface area contributed by atoms with E-state index in [2.05, 4.69) is 6.58 Å². The fourth-order valence-corrected chi connectivity index (χ4v) is 2.81. The number of amides is 1. The highest BCUT2D eigenvalue weighted by Crippen LogP contribution is 2.32. The quantitative estimate of drug-likeness (QED) is 0.485. The van der Waals surface area contributed by atoms with Gasteiger partial charge in [0, 0.05) is 18.2 Å². The summed E-state index contributed by atoms with van der Waals surface area (Å²) in [5.41, 5.74) is 0.153. The lowest BCUT2D eigenvalue weighted by molar-refractivity contribution is -0.121. The molecule has 0 N–H and O–H groups in total. The van der Waals surface area contributed by atoms with Crippen molar-refractivity contribution in [2.75, 3.05) is 6.54 Å². The van der Waals surface area contributed by atoms with Crippen molar-refractivity contribution < 1.29 is 13.6 Å². The molecule has 98 valence electrons. The highest BCUT2D eigenvalue weighted by Gasteiger charge is 2.31. The van der Waals surface area contributed by atoms with Crippen LogP contribution in [0.2, 0.25) is 0 Å². The third kappa shape index (κ3) is 2.90. The molecule has 1 aromatic carbocycles. The lowest BCUT2D eigenvalue weighted by Gasteiger charge is -2.10. The Balaban J connectivity index is 2.32. The van der Waals surface area contributed by atoms with Crippen LogP contribution < -0.4 is 0 Å². The minimum atomic E-state index is -0.714. The number of carbonyl (C=O) groups is 1. The number of halogens is 2. The Labute approximate surface area is 118 Å². The first kappa shape index (κ1) is 13.9. The molecule has 0 bridgehead atoms. The van der Waals surface area contributed by atoms with Crippen molar-refractivity contribution >= 4 is 40.3 Å². The SMILES string of the molecule is C=CCN1C(=O)/C(=C/c2ccc(F)cc2F)SC1=S. The standard InChI is InChI=1S/C13H9F2NOS2/c1-2-5-16-12(17)11(19-13(16)18)6-8-3-4-9(14)7-10(8)15/h2-4,6-7H,1,5H2/b11-6-. The molecule has 0 radical (unpaired) electrons. The second-order valence-electron chi connectivity index (χ2n) is 3.75. The molecule has 0 atom stereocenters. The minimum absolute atomic E-state index is 0.153. The van der Waals surface area contributed by atoms with Crippen molar-refractivity contribution in [2.24, 2.45) is 0 Å². The molecule has 1 aromatic rings. The molecule has 0 unspecified atom stereocenters. The van der Waals surface area contributed by atoms with E-state index in [4.69, 9.17) is 12.2 Å². The summed E-state index contributed by atoms with van der Waals surface area (Å²) in [7, 11) is 0. The van der Waals surface area contributed by atoms with Crippen LogP contribution in [0.25, 0.3) is 6.08 Å². The van der Waals surface area contributed by atoms with Crippen LogP contribution in [0.4, 0.5) is 8.78 Å². The van der Waals surface area contributed by atoms with Gasteiger partial charge in [0.15, 0.2) is 0 Å². The van der Waals surface area contributed by atoms with Crippen molar-refractivity contribution in [3.63, 3.8) is 0 Å². The molecule has 1 fully saturated rings. The summed E-state index contributed by atoms with van der Waals surface area (Å²) in [5.74, 6) is -1.67. The summed E-state index contributed by atoms with van der Waals surface area (Å²) in [6.45, 7) is 3.86. The van der Waals surface area contributed by atoms with Crippen LogP contribution in [-0.4, -0.2) is 21.7 Å². The fourth-order valence-electron chi connectivity index (χ4n) is 1.55. The number of hydrogen-bond acceptors (Lipinski definition) is 3. The van der Waals surface area contributed by atoms with Gasteiger partial charge < -0.3 is 0 Å². The smallest absolute Gasteiger partial charge is 0.266 e. The van der Waals surface area contributed by atoms with E-state index < -0.39 is 11.6 Å². The maximum absolute atomic E-state index is 13.5. The number of rotatable bonds is 3. The number of thiocarbonyl (C=S) groups is 1. The van der Waals surface area contributed by atoms with Crippen LogP contribution in [0.3, 0.4) is 0 Å². The summed E-state index contributed by atoms with van der Waals surface area (Å²) < 4.78 is 26.7. The zero-order chi connectivity index (χ0) is 14.0. The van der Waals surface area contributed by atoms with Gasteiger partial charge in [-0.05, 0) is 18.2 Å². The average Bonchev–Trinajstić information content (AvgIpc) is 2.61. The van der Waals surface area contributed by atoms with E-state index in [0.29, 0.717) is 15.8 Å². The first-order valence-corrected chi connectivity index (χ1v) is 6.56. The molecule has 0 aromatic heterocycles. The van der Waals surface area contributed by atoms with Gasteiger partial charge in [0.1, 0.15) is 16.0 Å². The van der Waals surface area contributed by atoms with Crippen LogP contribution in [0, 0.1) is 11.6 Å². The maximum Gasteiger partial charge on any atom is 0.266 e. The van der Waals surface area contributed by atoms with Crippen molar-refractivity contribution in [2.45, 2.75) is 0 Å². The van der Waals surface area contributed by atoms with E-state index >= 15 is 0 Å². The first-order chi connectivity index (χ1) is 9.02. The van der Waals surface area contributed by atoms with E-state index in [1.807, 2.05) is 0 Å². The van der Waals surface area contributed by atoms with Crippen LogP contribution in [0.5, 0.6) is 0 Å². The van der Waals surface area contributed by atoms with Gasteiger partial charge in [-0.3, -0.25) is 9.69 Å². The second-order valence-corrected chi connectivity index (χ2v) is 5.42. The highest BCUT2D eigenvalue weighted by atomic mass is 32.2. The molecule has 1 aliphatic rings. The number of benzene rings is 1. The van der Waals surface area contributed by atoms with Gasteiger partial charge >= 0.3 is 0 Å². The van der Waals surface area contributed by atoms with E-state index in [1.165, 1.54) is 17.0 Å². The molecule has 6 heteroatoms. The van der Waals surface area contributed by atoms with Crippen LogP contribution in [0.1, 0.15) is 5.56 Å². The summed E-state index contributed by atoms with van der Waals surface area (Å²) in [6, 6.07) is 3.19. The maximum atomic E-state index is 13.5. The van der Waals surface area contributed by atoms with Crippen LogP contribution >= 0.6 is 24.0 Å². The predicted octanol–water partition coefficient (Wildman–Crippen LogP) is 3.35. The Morgan fingerprint density at radius 1 is 1.42 bits per heavy atom. The number of thioether (sulfide) groups is 1. The Bertz CT molecular complexity index is 598. The van der Waals surface area contributed by atoms with Gasteiger partial charge in [0.25, 0.3) is 5.91 Å². The van der Waals surface area contributed by atoms with Gasteiger partial charge in [-0.15, -0.1) is 6.58 Å². The second kappa shape index (κ2) is 5.63. The van der Waals surface area contributed by atoms with Gasteiger partial charge in [-0.1, -0.05) is 30.1 Å². The molecular formula is C13H9F2NOS2. The fraction of sp³-hybridized carbons (Fsp3) is 0.0769. The summed E-state index contributed by atoms with van der Waals surface area (Å²) in [4.78, 5) is 13.7. The molecule has 1 amide bonds. The molecule has 1 heterocycles. The molecule has 0 aliphatic carbocycles. The molecular weight excluding hydrogens is 288 g/mol. The van der Waals surface area contributed by atoms with E-state index in [1.54, 1.807) is 6.08 Å². The highest BCUT2D eigenvalue weighted by molar-refractivity contribution is 8.26. The van der Waals surface area contributed by atoms with E-state index in [-0.39, 0.29) is 11.5 Å². The van der Waals surface area contributed by atoms with Gasteiger partial charge in [-0.25, -0.2) is 8.78 Å². The van der Waals surface area contributed by atoms with Crippen molar-refractivity contribution in [3.8, 4) is 0 Å². The molecule has 0 spiro atoms. The summed E-state index contributed by atoms with van der Waals surface area (Å²) in [5, 5.41) is 0. The third-order valence-electron chi connectivity index (χ3n) is 2.43. The van der Waals surface area contributed by atoms with Gasteiger partial charge in [-0.2, -0.15) is 0 Å². The Kier molecular flexibility index (Phi) is 4.11. The molecule has 19 heavy (non-hydrogen) atoms. The Morgan fingerprint density at radius 3 is 2.79 bits per heavy atom. The first-order valence-electron chi connectivity index (χ1n) is 5.34. The number of hydrogen-bond donors (Lipinski definition) is 0. The normalized spacial score (nSPS) is 17.4. The zero-order valence-corrected chi connectivity index (χ0v) is 11.4. The van der Waals surface area contributed by atoms with E-state index in [9.17, 15) is 13.6 Å². The van der Waals surface area contributed by atoms with E-state index in [0.717, 1.165) is 23.9 Å². The monoisotopic (exact) mass is 297 g/mol. The lowest BCUT2D eigenvalue weighted by Crippen LogP contribution is -2.27. The van der Waals surface area contributed by atoms with Gasteiger partial charge in [0.05, 0.1) is 4.91 Å². The Hall–Kier alpha value is -1.53. The topological polar surface area (TPSA) is 20.3 Å². The third-order valence-corrected chi connectivity index (χ3v) is 3.81. The van der Waals surface area contributed by atoms with Crippen molar-refractivity contribution in [1.82, 2.24) is 4.90 Å². The summed E-state index contributed by atoms with van der Waals surface area (Å²) >= 11 is 6.15. The molecule has 1 saturated heterocycles.